The molecule has 106 valence electrons. The number of para-hydroxylation sites is 1. The van der Waals surface area contributed by atoms with Crippen molar-refractivity contribution in [1.82, 2.24) is 0 Å². The van der Waals surface area contributed by atoms with E-state index in [-0.39, 0.29) is 11.9 Å². The Hall–Kier alpha value is -1.87. The van der Waals surface area contributed by atoms with Gasteiger partial charge in [0.15, 0.2) is 0 Å². The number of hydrogen-bond acceptors (Lipinski definition) is 2. The molecule has 0 aromatic heterocycles. The molecular weight excluding hydrogens is 251 g/mol. The molecule has 3 heteroatoms. The van der Waals surface area contributed by atoms with Crippen LogP contribution in [0.15, 0.2) is 48.5 Å². The molecule has 0 bridgehead atoms. The summed E-state index contributed by atoms with van der Waals surface area (Å²) >= 11 is 0. The van der Waals surface area contributed by atoms with E-state index in [1.54, 1.807) is 6.07 Å². The third kappa shape index (κ3) is 3.17. The average molecular weight is 272 g/mol. The highest BCUT2D eigenvalue weighted by molar-refractivity contribution is 5.54. The van der Waals surface area contributed by atoms with E-state index in [9.17, 15) is 4.39 Å². The van der Waals surface area contributed by atoms with Crippen molar-refractivity contribution in [3.63, 3.8) is 0 Å². The van der Waals surface area contributed by atoms with Crippen LogP contribution in [0.25, 0.3) is 0 Å². The molecule has 0 unspecified atom stereocenters. The second-order valence-electron chi connectivity index (χ2n) is 5.02. The van der Waals surface area contributed by atoms with Gasteiger partial charge < -0.3 is 10.6 Å². The molecule has 0 heterocycles. The monoisotopic (exact) mass is 272 g/mol. The summed E-state index contributed by atoms with van der Waals surface area (Å²) in [6, 6.07) is 14.9. The SMILES string of the molecule is CC[C@H](N)c1ccccc1N(C)Cc1ccccc1F. The maximum absolute atomic E-state index is 13.7. The summed E-state index contributed by atoms with van der Waals surface area (Å²) < 4.78 is 13.7. The maximum Gasteiger partial charge on any atom is 0.128 e. The highest BCUT2D eigenvalue weighted by atomic mass is 19.1. The summed E-state index contributed by atoms with van der Waals surface area (Å²) in [5.41, 5.74) is 9.01. The quantitative estimate of drug-likeness (QED) is 0.895. The molecule has 0 aliphatic rings. The summed E-state index contributed by atoms with van der Waals surface area (Å²) in [4.78, 5) is 2.04. The van der Waals surface area contributed by atoms with E-state index in [1.165, 1.54) is 6.07 Å². The highest BCUT2D eigenvalue weighted by Crippen LogP contribution is 2.27. The summed E-state index contributed by atoms with van der Waals surface area (Å²) in [6.45, 7) is 2.60. The van der Waals surface area contributed by atoms with Gasteiger partial charge in [-0.05, 0) is 24.1 Å². The van der Waals surface area contributed by atoms with Gasteiger partial charge in [0.1, 0.15) is 5.82 Å². The molecule has 2 rings (SSSR count). The van der Waals surface area contributed by atoms with Gasteiger partial charge in [0.25, 0.3) is 0 Å². The smallest absolute Gasteiger partial charge is 0.128 e. The number of halogens is 1. The Kier molecular flexibility index (Phi) is 4.74. The Bertz CT molecular complexity index is 568. The van der Waals surface area contributed by atoms with Gasteiger partial charge in [0.2, 0.25) is 0 Å². The van der Waals surface area contributed by atoms with Gasteiger partial charge in [-0.3, -0.25) is 0 Å². The standard InChI is InChI=1S/C17H21FN2/c1-3-16(19)14-9-5-7-11-17(14)20(2)12-13-8-4-6-10-15(13)18/h4-11,16H,3,12,19H2,1-2H3/t16-/m0/s1. The van der Waals surface area contributed by atoms with Crippen LogP contribution < -0.4 is 10.6 Å². The Balaban J connectivity index is 2.26. The Morgan fingerprint density at radius 1 is 1.10 bits per heavy atom. The van der Waals surface area contributed by atoms with Crippen molar-refractivity contribution in [2.24, 2.45) is 5.73 Å². The number of nitrogens with two attached hydrogens (primary N) is 1. The minimum Gasteiger partial charge on any atom is -0.370 e. The highest BCUT2D eigenvalue weighted by Gasteiger charge is 2.13. The fraction of sp³-hybridized carbons (Fsp3) is 0.294. The van der Waals surface area contributed by atoms with Gasteiger partial charge in [0.05, 0.1) is 0 Å². The van der Waals surface area contributed by atoms with E-state index < -0.39 is 0 Å². The molecular formula is C17H21FN2. The number of benzene rings is 2. The lowest BCUT2D eigenvalue weighted by atomic mass is 10.0. The number of hydrogen-bond donors (Lipinski definition) is 1. The molecule has 2 aromatic carbocycles. The third-order valence-electron chi connectivity index (χ3n) is 3.55. The van der Waals surface area contributed by atoms with Crippen molar-refractivity contribution in [1.29, 1.82) is 0 Å². The molecule has 0 amide bonds. The molecule has 0 aliphatic carbocycles. The first-order valence-corrected chi connectivity index (χ1v) is 6.92. The van der Waals surface area contributed by atoms with E-state index in [1.807, 2.05) is 48.3 Å². The van der Waals surface area contributed by atoms with Crippen molar-refractivity contribution in [2.45, 2.75) is 25.9 Å². The predicted molar refractivity (Wildman–Crippen MR) is 82.2 cm³/mol. The van der Waals surface area contributed by atoms with Crippen LogP contribution >= 0.6 is 0 Å². The van der Waals surface area contributed by atoms with Crippen molar-refractivity contribution in [3.8, 4) is 0 Å². The second-order valence-corrected chi connectivity index (χ2v) is 5.02. The van der Waals surface area contributed by atoms with Crippen LogP contribution in [-0.4, -0.2) is 7.05 Å². The first-order chi connectivity index (χ1) is 9.63. The largest absolute Gasteiger partial charge is 0.370 e. The van der Waals surface area contributed by atoms with Gasteiger partial charge in [-0.15, -0.1) is 0 Å². The van der Waals surface area contributed by atoms with Gasteiger partial charge in [-0.2, -0.15) is 0 Å². The van der Waals surface area contributed by atoms with Crippen molar-refractivity contribution in [3.05, 3.63) is 65.5 Å². The van der Waals surface area contributed by atoms with Crippen LogP contribution in [0.1, 0.15) is 30.5 Å². The van der Waals surface area contributed by atoms with E-state index in [0.717, 1.165) is 17.7 Å². The molecule has 2 nitrogen and oxygen atoms in total. The van der Waals surface area contributed by atoms with Crippen LogP contribution in [-0.2, 0) is 6.54 Å². The zero-order valence-corrected chi connectivity index (χ0v) is 12.0. The first-order valence-electron chi connectivity index (χ1n) is 6.92. The molecule has 20 heavy (non-hydrogen) atoms. The molecule has 0 aliphatic heterocycles. The average Bonchev–Trinajstić information content (AvgIpc) is 2.48. The van der Waals surface area contributed by atoms with Crippen LogP contribution in [0.4, 0.5) is 10.1 Å². The van der Waals surface area contributed by atoms with Crippen LogP contribution in [0.3, 0.4) is 0 Å². The van der Waals surface area contributed by atoms with Crippen molar-refractivity contribution < 1.29 is 4.39 Å². The van der Waals surface area contributed by atoms with E-state index in [4.69, 9.17) is 5.73 Å². The fourth-order valence-corrected chi connectivity index (χ4v) is 2.34. The summed E-state index contributed by atoms with van der Waals surface area (Å²) in [5.74, 6) is -0.170. The van der Waals surface area contributed by atoms with Gasteiger partial charge in [-0.25, -0.2) is 4.39 Å². The number of nitrogens with zero attached hydrogens (tertiary/aromatic N) is 1. The van der Waals surface area contributed by atoms with E-state index >= 15 is 0 Å². The zero-order chi connectivity index (χ0) is 14.5. The lowest BCUT2D eigenvalue weighted by Crippen LogP contribution is -2.21. The van der Waals surface area contributed by atoms with Crippen LogP contribution in [0.2, 0.25) is 0 Å². The topological polar surface area (TPSA) is 29.3 Å². The van der Waals surface area contributed by atoms with E-state index in [0.29, 0.717) is 12.1 Å². The predicted octanol–water partition coefficient (Wildman–Crippen LogP) is 3.87. The fourth-order valence-electron chi connectivity index (χ4n) is 2.34. The van der Waals surface area contributed by atoms with Crippen molar-refractivity contribution >= 4 is 5.69 Å². The molecule has 0 saturated heterocycles. The Morgan fingerprint density at radius 3 is 2.45 bits per heavy atom. The molecule has 0 spiro atoms. The summed E-state index contributed by atoms with van der Waals surface area (Å²) in [6.07, 6.45) is 0.880. The van der Waals surface area contributed by atoms with Crippen LogP contribution in [0, 0.1) is 5.82 Å². The van der Waals surface area contributed by atoms with Gasteiger partial charge in [0, 0.05) is 30.9 Å². The summed E-state index contributed by atoms with van der Waals surface area (Å²) in [5, 5.41) is 0. The third-order valence-corrected chi connectivity index (χ3v) is 3.55. The molecule has 2 aromatic rings. The lowest BCUT2D eigenvalue weighted by Gasteiger charge is -2.25. The molecule has 2 N–H and O–H groups in total. The zero-order valence-electron chi connectivity index (χ0n) is 12.0. The van der Waals surface area contributed by atoms with Gasteiger partial charge >= 0.3 is 0 Å². The molecule has 0 fully saturated rings. The lowest BCUT2D eigenvalue weighted by molar-refractivity contribution is 0.607. The van der Waals surface area contributed by atoms with Crippen molar-refractivity contribution in [2.75, 3.05) is 11.9 Å². The number of anilines is 1. The van der Waals surface area contributed by atoms with Gasteiger partial charge in [-0.1, -0.05) is 43.3 Å². The molecule has 1 atom stereocenters. The molecule has 0 radical (unpaired) electrons. The molecule has 0 saturated carbocycles. The minimum absolute atomic E-state index is 0.00858. The first kappa shape index (κ1) is 14.5. The Morgan fingerprint density at radius 2 is 1.75 bits per heavy atom. The second kappa shape index (κ2) is 6.53. The number of rotatable bonds is 5. The maximum atomic E-state index is 13.7. The van der Waals surface area contributed by atoms with E-state index in [2.05, 4.69) is 6.92 Å². The summed E-state index contributed by atoms with van der Waals surface area (Å²) in [7, 11) is 1.97. The van der Waals surface area contributed by atoms with Crippen LogP contribution in [0.5, 0.6) is 0 Å². The minimum atomic E-state index is -0.170. The Labute approximate surface area is 120 Å². The normalized spacial score (nSPS) is 12.2.